The first kappa shape index (κ1) is 16.4. The van der Waals surface area contributed by atoms with Gasteiger partial charge in [-0.05, 0) is 41.8 Å². The average Bonchev–Trinajstić information content (AvgIpc) is 3.30. The zero-order valence-corrected chi connectivity index (χ0v) is 15.0. The van der Waals surface area contributed by atoms with Gasteiger partial charge in [0.15, 0.2) is 0 Å². The van der Waals surface area contributed by atoms with Crippen LogP contribution in [0.1, 0.15) is 15.9 Å². The highest BCUT2D eigenvalue weighted by Crippen LogP contribution is 2.18. The molecule has 26 heavy (non-hydrogen) atoms. The Morgan fingerprint density at radius 2 is 1.88 bits per heavy atom. The molecule has 0 bridgehead atoms. The Morgan fingerprint density at radius 1 is 1.08 bits per heavy atom. The molecule has 0 saturated heterocycles. The highest BCUT2D eigenvalue weighted by atomic mass is 32.1. The number of nitrogens with zero attached hydrogens (tertiary/aromatic N) is 4. The Balaban J connectivity index is 1.35. The van der Waals surface area contributed by atoms with E-state index in [9.17, 15) is 4.79 Å². The first-order valence-electron chi connectivity index (χ1n) is 8.28. The maximum absolute atomic E-state index is 12.3. The van der Waals surface area contributed by atoms with E-state index in [2.05, 4.69) is 43.4 Å². The molecule has 0 fully saturated rings. The van der Waals surface area contributed by atoms with E-state index in [-0.39, 0.29) is 5.91 Å². The lowest BCUT2D eigenvalue weighted by atomic mass is 10.1. The summed E-state index contributed by atoms with van der Waals surface area (Å²) < 4.78 is 10.2. The van der Waals surface area contributed by atoms with Crippen molar-refractivity contribution in [2.75, 3.05) is 6.54 Å². The van der Waals surface area contributed by atoms with Gasteiger partial charge in [0.05, 0.1) is 17.4 Å². The molecule has 130 valence electrons. The van der Waals surface area contributed by atoms with Crippen LogP contribution in [0.2, 0.25) is 0 Å². The van der Waals surface area contributed by atoms with Gasteiger partial charge in [-0.3, -0.25) is 9.48 Å². The van der Waals surface area contributed by atoms with E-state index in [0.717, 1.165) is 40.4 Å². The second kappa shape index (κ2) is 7.05. The van der Waals surface area contributed by atoms with Crippen LogP contribution in [0.3, 0.4) is 0 Å². The summed E-state index contributed by atoms with van der Waals surface area (Å²) >= 11 is 1.15. The monoisotopic (exact) mass is 363 g/mol. The van der Waals surface area contributed by atoms with Crippen LogP contribution < -0.4 is 5.32 Å². The molecule has 0 unspecified atom stereocenters. The van der Waals surface area contributed by atoms with Gasteiger partial charge in [0.1, 0.15) is 11.0 Å². The highest BCUT2D eigenvalue weighted by Gasteiger charge is 2.08. The molecule has 2 aromatic carbocycles. The zero-order chi connectivity index (χ0) is 17.9. The van der Waals surface area contributed by atoms with Gasteiger partial charge in [-0.2, -0.15) is 13.8 Å². The molecule has 7 heteroatoms. The van der Waals surface area contributed by atoms with Crippen LogP contribution in [0.4, 0.5) is 0 Å². The number of hydrogen-bond acceptors (Lipinski definition) is 5. The van der Waals surface area contributed by atoms with Crippen LogP contribution in [0.5, 0.6) is 0 Å². The van der Waals surface area contributed by atoms with Crippen molar-refractivity contribution in [2.45, 2.75) is 6.42 Å². The number of fused-ring (bicyclic) bond motifs is 1. The minimum absolute atomic E-state index is 0.0913. The predicted octanol–water partition coefficient (Wildman–Crippen LogP) is 3.06. The molecule has 2 heterocycles. The third kappa shape index (κ3) is 3.34. The van der Waals surface area contributed by atoms with E-state index in [1.54, 1.807) is 18.3 Å². The minimum atomic E-state index is -0.0913. The number of carbonyl (C=O) groups excluding carboxylic acids is 1. The number of amides is 1. The Labute approximate surface area is 154 Å². The van der Waals surface area contributed by atoms with Gasteiger partial charge in [-0.1, -0.05) is 24.3 Å². The van der Waals surface area contributed by atoms with Gasteiger partial charge in [0.25, 0.3) is 5.91 Å². The zero-order valence-electron chi connectivity index (χ0n) is 14.2. The number of aryl methyl sites for hydroxylation is 1. The van der Waals surface area contributed by atoms with Crippen molar-refractivity contribution in [3.05, 3.63) is 65.9 Å². The van der Waals surface area contributed by atoms with Crippen molar-refractivity contribution >= 4 is 28.7 Å². The van der Waals surface area contributed by atoms with Crippen molar-refractivity contribution in [1.82, 2.24) is 23.8 Å². The average molecular weight is 363 g/mol. The van der Waals surface area contributed by atoms with Gasteiger partial charge in [-0.25, -0.2) is 0 Å². The molecule has 0 aliphatic carbocycles. The Hall–Kier alpha value is -3.06. The van der Waals surface area contributed by atoms with Gasteiger partial charge < -0.3 is 5.32 Å². The van der Waals surface area contributed by atoms with Crippen LogP contribution >= 0.6 is 11.7 Å². The summed E-state index contributed by atoms with van der Waals surface area (Å²) in [5, 5.41) is 7.15. The van der Waals surface area contributed by atoms with Crippen molar-refractivity contribution in [3.8, 4) is 11.3 Å². The molecule has 0 spiro atoms. The molecule has 1 amide bonds. The second-order valence-electron chi connectivity index (χ2n) is 6.01. The molecule has 2 aromatic heterocycles. The van der Waals surface area contributed by atoms with Gasteiger partial charge in [-0.15, -0.1) is 0 Å². The minimum Gasteiger partial charge on any atom is -0.352 e. The van der Waals surface area contributed by atoms with E-state index >= 15 is 0 Å². The van der Waals surface area contributed by atoms with E-state index in [4.69, 9.17) is 0 Å². The van der Waals surface area contributed by atoms with Crippen LogP contribution in [0.15, 0.2) is 54.7 Å². The smallest absolute Gasteiger partial charge is 0.251 e. The topological polar surface area (TPSA) is 72.7 Å². The molecular weight excluding hydrogens is 346 g/mol. The van der Waals surface area contributed by atoms with E-state index < -0.39 is 0 Å². The lowest BCUT2D eigenvalue weighted by molar-refractivity contribution is 0.0954. The lowest BCUT2D eigenvalue weighted by Gasteiger charge is -2.07. The summed E-state index contributed by atoms with van der Waals surface area (Å²) in [6.45, 7) is 0.581. The van der Waals surface area contributed by atoms with Crippen molar-refractivity contribution in [3.63, 3.8) is 0 Å². The van der Waals surface area contributed by atoms with E-state index in [0.29, 0.717) is 12.1 Å². The van der Waals surface area contributed by atoms with Crippen molar-refractivity contribution in [1.29, 1.82) is 0 Å². The molecule has 1 N–H and O–H groups in total. The molecule has 6 nitrogen and oxygen atoms in total. The normalized spacial score (nSPS) is 11.0. The number of aromatic nitrogens is 4. The molecule has 0 saturated carbocycles. The van der Waals surface area contributed by atoms with Crippen LogP contribution in [0.25, 0.3) is 22.3 Å². The van der Waals surface area contributed by atoms with Gasteiger partial charge >= 0.3 is 0 Å². The summed E-state index contributed by atoms with van der Waals surface area (Å²) in [6, 6.07) is 15.7. The van der Waals surface area contributed by atoms with Crippen molar-refractivity contribution in [2.24, 2.45) is 7.05 Å². The number of hydrogen-bond donors (Lipinski definition) is 1. The number of rotatable bonds is 5. The van der Waals surface area contributed by atoms with Crippen LogP contribution in [0, 0.1) is 0 Å². The van der Waals surface area contributed by atoms with Crippen LogP contribution in [-0.2, 0) is 13.5 Å². The summed E-state index contributed by atoms with van der Waals surface area (Å²) in [6.07, 6.45) is 2.57. The molecule has 0 radical (unpaired) electrons. The molecule has 0 aliphatic rings. The third-order valence-corrected chi connectivity index (χ3v) is 4.84. The van der Waals surface area contributed by atoms with Crippen LogP contribution in [-0.4, -0.2) is 31.0 Å². The summed E-state index contributed by atoms with van der Waals surface area (Å²) in [5.74, 6) is -0.0913. The maximum Gasteiger partial charge on any atom is 0.251 e. The van der Waals surface area contributed by atoms with Gasteiger partial charge in [0, 0.05) is 25.4 Å². The first-order chi connectivity index (χ1) is 12.7. The van der Waals surface area contributed by atoms with E-state index in [1.165, 1.54) is 5.56 Å². The van der Waals surface area contributed by atoms with Crippen molar-refractivity contribution < 1.29 is 4.79 Å². The SMILES string of the molecule is Cn1nccc1-c1ccc(CCNC(=O)c2ccc3nsnc3c2)cc1. The summed E-state index contributed by atoms with van der Waals surface area (Å²) in [4.78, 5) is 12.3. The quantitative estimate of drug-likeness (QED) is 0.591. The highest BCUT2D eigenvalue weighted by molar-refractivity contribution is 7.00. The van der Waals surface area contributed by atoms with E-state index in [1.807, 2.05) is 23.9 Å². The third-order valence-electron chi connectivity index (χ3n) is 4.29. The molecule has 4 aromatic rings. The maximum atomic E-state index is 12.3. The predicted molar refractivity (Wildman–Crippen MR) is 102 cm³/mol. The molecule has 0 atom stereocenters. The lowest BCUT2D eigenvalue weighted by Crippen LogP contribution is -2.25. The Bertz CT molecular complexity index is 1050. The van der Waals surface area contributed by atoms with Gasteiger partial charge in [0.2, 0.25) is 0 Å². The fraction of sp³-hybridized carbons (Fsp3) is 0.158. The fourth-order valence-corrected chi connectivity index (χ4v) is 3.36. The molecule has 0 aliphatic heterocycles. The largest absolute Gasteiger partial charge is 0.352 e. The molecule has 4 rings (SSSR count). The Kier molecular flexibility index (Phi) is 4.45. The number of benzene rings is 2. The second-order valence-corrected chi connectivity index (χ2v) is 6.54. The summed E-state index contributed by atoms with van der Waals surface area (Å²) in [5.41, 5.74) is 5.57. The summed E-state index contributed by atoms with van der Waals surface area (Å²) in [7, 11) is 1.93. The Morgan fingerprint density at radius 3 is 2.65 bits per heavy atom. The standard InChI is InChI=1S/C19H17N5OS/c1-24-18(9-11-21-24)14-4-2-13(3-5-14)8-10-20-19(25)15-6-7-16-17(12-15)23-26-22-16/h2-7,9,11-12H,8,10H2,1H3,(H,20,25). The number of carbonyl (C=O) groups is 1. The fourth-order valence-electron chi connectivity index (χ4n) is 2.85. The number of nitrogens with one attached hydrogen (secondary N) is 1. The molecular formula is C19H17N5OS. The first-order valence-corrected chi connectivity index (χ1v) is 9.01.